The van der Waals surface area contributed by atoms with Crippen LogP contribution in [0.1, 0.15) is 20.3 Å². The molecule has 2 aromatic rings. The van der Waals surface area contributed by atoms with Crippen LogP contribution in [0, 0.1) is 0 Å². The van der Waals surface area contributed by atoms with Gasteiger partial charge in [0, 0.05) is 7.05 Å². The molecule has 21 heavy (non-hydrogen) atoms. The number of hydrogen-bond donors (Lipinski definition) is 0. The molecule has 0 spiro atoms. The minimum atomic E-state index is -3.41. The van der Waals surface area contributed by atoms with Gasteiger partial charge in [-0.25, -0.2) is 13.4 Å². The van der Waals surface area contributed by atoms with E-state index >= 15 is 0 Å². The number of para-hydroxylation sites is 1. The van der Waals surface area contributed by atoms with E-state index in [1.165, 1.54) is 23.2 Å². The number of benzene rings is 1. The summed E-state index contributed by atoms with van der Waals surface area (Å²) in [6.07, 6.45) is 0.505. The van der Waals surface area contributed by atoms with Crippen molar-refractivity contribution in [2.24, 2.45) is 0 Å². The Morgan fingerprint density at radius 2 is 2.05 bits per heavy atom. The lowest BCUT2D eigenvalue weighted by atomic mass is 10.3. The van der Waals surface area contributed by atoms with Crippen LogP contribution in [0.25, 0.3) is 10.2 Å². The van der Waals surface area contributed by atoms with Gasteiger partial charge in [0.25, 0.3) is 0 Å². The van der Waals surface area contributed by atoms with E-state index in [0.717, 1.165) is 10.2 Å². The van der Waals surface area contributed by atoms with Crippen molar-refractivity contribution in [2.45, 2.75) is 25.5 Å². The topological polar surface area (TPSA) is 67.3 Å². The van der Waals surface area contributed by atoms with Crippen molar-refractivity contribution in [2.75, 3.05) is 17.7 Å². The molecule has 2 rings (SSSR count). The molecule has 0 aliphatic carbocycles. The maximum Gasteiger partial charge on any atom is 0.246 e. The maximum atomic E-state index is 12.4. The Hall–Kier alpha value is -1.47. The highest BCUT2D eigenvalue weighted by Crippen LogP contribution is 2.28. The van der Waals surface area contributed by atoms with E-state index in [9.17, 15) is 13.2 Å². The molecular formula is C14H18N2O3S2. The number of sulfone groups is 1. The number of carbonyl (C=O) groups excluding carboxylic acids is 1. The summed E-state index contributed by atoms with van der Waals surface area (Å²) < 4.78 is 25.0. The molecule has 1 atom stereocenters. The van der Waals surface area contributed by atoms with Crippen LogP contribution in [0.2, 0.25) is 0 Å². The molecule has 7 heteroatoms. The molecule has 1 aromatic carbocycles. The molecule has 0 saturated carbocycles. The van der Waals surface area contributed by atoms with Crippen molar-refractivity contribution in [3.05, 3.63) is 24.3 Å². The molecule has 0 radical (unpaired) electrons. The van der Waals surface area contributed by atoms with Gasteiger partial charge in [0.2, 0.25) is 5.91 Å². The Kier molecular flexibility index (Phi) is 4.63. The number of nitrogens with zero attached hydrogens (tertiary/aromatic N) is 2. The highest BCUT2D eigenvalue weighted by atomic mass is 32.2. The van der Waals surface area contributed by atoms with E-state index in [1.807, 2.05) is 24.3 Å². The van der Waals surface area contributed by atoms with Crippen molar-refractivity contribution in [3.63, 3.8) is 0 Å². The smallest absolute Gasteiger partial charge is 0.246 e. The average Bonchev–Trinajstić information content (AvgIpc) is 2.88. The Bertz CT molecular complexity index is 719. The molecule has 0 saturated heterocycles. The van der Waals surface area contributed by atoms with Crippen LogP contribution >= 0.6 is 11.3 Å². The predicted molar refractivity (Wildman–Crippen MR) is 86.6 cm³/mol. The molecule has 1 aromatic heterocycles. The average molecular weight is 326 g/mol. The fourth-order valence-corrected chi connectivity index (χ4v) is 4.31. The number of hydrogen-bond acceptors (Lipinski definition) is 5. The van der Waals surface area contributed by atoms with Crippen molar-refractivity contribution in [3.8, 4) is 0 Å². The van der Waals surface area contributed by atoms with Gasteiger partial charge in [-0.1, -0.05) is 30.4 Å². The minimum absolute atomic E-state index is 0.0214. The van der Waals surface area contributed by atoms with E-state index in [-0.39, 0.29) is 5.75 Å². The van der Waals surface area contributed by atoms with E-state index in [4.69, 9.17) is 0 Å². The largest absolute Gasteiger partial charge is 0.290 e. The maximum absolute atomic E-state index is 12.4. The molecule has 0 N–H and O–H groups in total. The second kappa shape index (κ2) is 6.11. The Morgan fingerprint density at radius 1 is 1.38 bits per heavy atom. The number of aromatic nitrogens is 1. The van der Waals surface area contributed by atoms with Crippen LogP contribution in [0.3, 0.4) is 0 Å². The summed E-state index contributed by atoms with van der Waals surface area (Å²) in [5, 5.41) is -0.533. The predicted octanol–water partition coefficient (Wildman–Crippen LogP) is 2.47. The first kappa shape index (κ1) is 15.9. The first-order valence-electron chi connectivity index (χ1n) is 6.71. The van der Waals surface area contributed by atoms with Gasteiger partial charge in [-0.3, -0.25) is 9.69 Å². The second-order valence-electron chi connectivity index (χ2n) is 4.87. The summed E-state index contributed by atoms with van der Waals surface area (Å²) in [7, 11) is -1.84. The molecule has 114 valence electrons. The zero-order valence-corrected chi connectivity index (χ0v) is 13.9. The quantitative estimate of drug-likeness (QED) is 0.846. The third kappa shape index (κ3) is 3.24. The van der Waals surface area contributed by atoms with Crippen molar-refractivity contribution in [1.82, 2.24) is 4.98 Å². The van der Waals surface area contributed by atoms with Crippen LogP contribution < -0.4 is 4.90 Å². The normalized spacial score (nSPS) is 13.3. The standard InChI is InChI=1S/C14H18N2O3S2/c1-4-9-21(18,19)10(2)13(17)16(3)14-15-11-7-5-6-8-12(11)20-14/h5-8,10H,4,9H2,1-3H3. The fourth-order valence-electron chi connectivity index (χ4n) is 1.99. The zero-order chi connectivity index (χ0) is 15.6. The highest BCUT2D eigenvalue weighted by molar-refractivity contribution is 7.92. The van der Waals surface area contributed by atoms with Gasteiger partial charge < -0.3 is 0 Å². The number of rotatable bonds is 5. The number of amides is 1. The van der Waals surface area contributed by atoms with Crippen molar-refractivity contribution >= 4 is 42.4 Å². The van der Waals surface area contributed by atoms with Gasteiger partial charge in [-0.15, -0.1) is 0 Å². The van der Waals surface area contributed by atoms with E-state index in [2.05, 4.69) is 4.98 Å². The van der Waals surface area contributed by atoms with Crippen LogP contribution in [0.4, 0.5) is 5.13 Å². The first-order chi connectivity index (χ1) is 9.86. The van der Waals surface area contributed by atoms with E-state index < -0.39 is 21.0 Å². The Labute approximate surface area is 128 Å². The summed E-state index contributed by atoms with van der Waals surface area (Å²) in [4.78, 5) is 18.1. The third-order valence-electron chi connectivity index (χ3n) is 3.28. The second-order valence-corrected chi connectivity index (χ2v) is 8.32. The number of fused-ring (bicyclic) bond motifs is 1. The lowest BCUT2D eigenvalue weighted by Gasteiger charge is -2.18. The minimum Gasteiger partial charge on any atom is -0.290 e. The number of anilines is 1. The highest BCUT2D eigenvalue weighted by Gasteiger charge is 2.31. The first-order valence-corrected chi connectivity index (χ1v) is 9.24. The number of thiazole rings is 1. The number of carbonyl (C=O) groups is 1. The lowest BCUT2D eigenvalue weighted by Crippen LogP contribution is -2.40. The van der Waals surface area contributed by atoms with Gasteiger partial charge >= 0.3 is 0 Å². The molecule has 0 aliphatic rings. The fraction of sp³-hybridized carbons (Fsp3) is 0.429. The molecule has 1 amide bonds. The van der Waals surface area contributed by atoms with Crippen LogP contribution in [0.5, 0.6) is 0 Å². The van der Waals surface area contributed by atoms with Crippen LogP contribution in [-0.4, -0.2) is 37.4 Å². The summed E-state index contributed by atoms with van der Waals surface area (Å²) >= 11 is 1.37. The third-order valence-corrected chi connectivity index (χ3v) is 6.64. The summed E-state index contributed by atoms with van der Waals surface area (Å²) in [5.74, 6) is -0.421. The molecule has 1 unspecified atom stereocenters. The van der Waals surface area contributed by atoms with Gasteiger partial charge in [0.15, 0.2) is 15.0 Å². The van der Waals surface area contributed by atoms with Gasteiger partial charge in [-0.05, 0) is 25.5 Å². The van der Waals surface area contributed by atoms with Crippen LogP contribution in [-0.2, 0) is 14.6 Å². The zero-order valence-electron chi connectivity index (χ0n) is 12.2. The molecular weight excluding hydrogens is 308 g/mol. The molecule has 0 bridgehead atoms. The Balaban J connectivity index is 2.26. The van der Waals surface area contributed by atoms with Gasteiger partial charge in [0.1, 0.15) is 5.25 Å². The van der Waals surface area contributed by atoms with Crippen molar-refractivity contribution < 1.29 is 13.2 Å². The molecule has 0 fully saturated rings. The van der Waals surface area contributed by atoms with Crippen LogP contribution in [0.15, 0.2) is 24.3 Å². The van der Waals surface area contributed by atoms with Crippen molar-refractivity contribution in [1.29, 1.82) is 0 Å². The summed E-state index contributed by atoms with van der Waals surface area (Å²) in [6, 6.07) is 7.57. The lowest BCUT2D eigenvalue weighted by molar-refractivity contribution is -0.117. The SMILES string of the molecule is CCCS(=O)(=O)C(C)C(=O)N(C)c1nc2ccccc2s1. The molecule has 5 nitrogen and oxygen atoms in total. The summed E-state index contributed by atoms with van der Waals surface area (Å²) in [5.41, 5.74) is 0.807. The summed E-state index contributed by atoms with van der Waals surface area (Å²) in [6.45, 7) is 3.23. The van der Waals surface area contributed by atoms with E-state index in [0.29, 0.717) is 11.6 Å². The monoisotopic (exact) mass is 326 g/mol. The van der Waals surface area contributed by atoms with Gasteiger partial charge in [0.05, 0.1) is 16.0 Å². The Morgan fingerprint density at radius 3 is 2.67 bits per heavy atom. The molecule has 0 aliphatic heterocycles. The van der Waals surface area contributed by atoms with E-state index in [1.54, 1.807) is 14.0 Å². The van der Waals surface area contributed by atoms with Gasteiger partial charge in [-0.2, -0.15) is 0 Å². The molecule has 1 heterocycles.